The van der Waals surface area contributed by atoms with Crippen LogP contribution in [0.3, 0.4) is 0 Å². The predicted molar refractivity (Wildman–Crippen MR) is 187 cm³/mol. The van der Waals surface area contributed by atoms with Crippen LogP contribution in [0.15, 0.2) is 47.2 Å². The highest BCUT2D eigenvalue weighted by molar-refractivity contribution is 7.08. The van der Waals surface area contributed by atoms with Gasteiger partial charge in [-0.1, -0.05) is 32.0 Å². The summed E-state index contributed by atoms with van der Waals surface area (Å²) >= 11 is 1.46. The Bertz CT molecular complexity index is 1340. The molecule has 3 saturated carbocycles. The first-order chi connectivity index (χ1) is 23.0. The van der Waals surface area contributed by atoms with Crippen molar-refractivity contribution in [2.24, 2.45) is 23.2 Å². The summed E-state index contributed by atoms with van der Waals surface area (Å²) in [5, 5.41) is 55.3. The summed E-state index contributed by atoms with van der Waals surface area (Å²) in [5.74, 6) is 2.75. The number of rotatable bonds is 14. The first-order valence-corrected chi connectivity index (χ1v) is 18.8. The van der Waals surface area contributed by atoms with Crippen LogP contribution in [0.5, 0.6) is 0 Å². The average Bonchev–Trinajstić information content (AvgIpc) is 3.73. The summed E-state index contributed by atoms with van der Waals surface area (Å²) in [7, 11) is 1.83. The molecule has 2 aromatic rings. The number of piperidine rings is 1. The van der Waals surface area contributed by atoms with Gasteiger partial charge in [0.2, 0.25) is 5.91 Å². The van der Waals surface area contributed by atoms with E-state index in [1.807, 2.05) is 51.9 Å². The van der Waals surface area contributed by atoms with Crippen LogP contribution in [0.25, 0.3) is 0 Å². The number of anilines is 1. The summed E-state index contributed by atoms with van der Waals surface area (Å²) in [4.78, 5) is 23.1. The molecule has 1 amide bonds. The van der Waals surface area contributed by atoms with Crippen molar-refractivity contribution < 1.29 is 30.3 Å². The third-order valence-corrected chi connectivity index (χ3v) is 13.5. The lowest BCUT2D eigenvalue weighted by Gasteiger charge is -2.60. The first kappa shape index (κ1) is 35.7. The van der Waals surface area contributed by atoms with Crippen molar-refractivity contribution in [2.75, 3.05) is 57.9 Å². The molecule has 48 heavy (non-hydrogen) atoms. The fourth-order valence-corrected chi connectivity index (χ4v) is 10.2. The molecule has 10 nitrogen and oxygen atoms in total. The number of likely N-dealkylation sites (tertiary alicyclic amines) is 1. The molecule has 1 aromatic carbocycles. The lowest BCUT2D eigenvalue weighted by Crippen LogP contribution is -2.57. The third-order valence-electron chi connectivity index (χ3n) is 12.8. The average molecular weight is 685 g/mol. The number of aliphatic hydroxyl groups excluding tert-OH is 5. The van der Waals surface area contributed by atoms with Gasteiger partial charge in [-0.15, -0.1) is 0 Å². The number of fused-ring (bicyclic) bond motifs is 2. The lowest BCUT2D eigenvalue weighted by atomic mass is 9.45. The number of aliphatic hydroxyl groups is 5. The van der Waals surface area contributed by atoms with Gasteiger partial charge in [-0.2, -0.15) is 11.3 Å². The fourth-order valence-electron chi connectivity index (χ4n) is 9.47. The van der Waals surface area contributed by atoms with Crippen LogP contribution in [0, 0.1) is 23.2 Å². The Kier molecular flexibility index (Phi) is 10.9. The number of carbonyl (C=O) groups is 1. The maximum atomic E-state index is 14.4. The van der Waals surface area contributed by atoms with Crippen LogP contribution in [0.2, 0.25) is 0 Å². The molecule has 3 heterocycles. The van der Waals surface area contributed by atoms with E-state index < -0.39 is 42.6 Å². The van der Waals surface area contributed by atoms with Gasteiger partial charge in [0.25, 0.3) is 0 Å². The van der Waals surface area contributed by atoms with Gasteiger partial charge in [-0.25, -0.2) is 0 Å². The van der Waals surface area contributed by atoms with Gasteiger partial charge in [-0.05, 0) is 110 Å². The van der Waals surface area contributed by atoms with Crippen molar-refractivity contribution in [3.8, 4) is 0 Å². The van der Waals surface area contributed by atoms with Crippen molar-refractivity contribution in [2.45, 2.75) is 88.4 Å². The zero-order chi connectivity index (χ0) is 34.2. The Morgan fingerprint density at radius 2 is 1.71 bits per heavy atom. The van der Waals surface area contributed by atoms with Crippen LogP contribution in [0.1, 0.15) is 64.0 Å². The fraction of sp³-hybridized carbons (Fsp3) is 0.703. The molecule has 8 unspecified atom stereocenters. The first-order valence-electron chi connectivity index (χ1n) is 17.9. The SMILES string of the molecule is CN(CCN1CN(c2ccccc2)C2(CCN(CCC3CCC4CC3C4(C)C)CC2)C1=O)C(c1ccsc1)C(O)C(O)C(O)C(O)CO. The minimum atomic E-state index is -1.72. The Hall–Kier alpha value is -2.09. The quantitative estimate of drug-likeness (QED) is 0.204. The minimum Gasteiger partial charge on any atom is -0.394 e. The second-order valence-corrected chi connectivity index (χ2v) is 16.3. The molecule has 5 fully saturated rings. The molecule has 1 aromatic heterocycles. The van der Waals surface area contributed by atoms with E-state index in [9.17, 15) is 30.3 Å². The number of amides is 1. The van der Waals surface area contributed by atoms with Crippen LogP contribution < -0.4 is 4.90 Å². The predicted octanol–water partition coefficient (Wildman–Crippen LogP) is 2.76. The smallest absolute Gasteiger partial charge is 0.250 e. The molecule has 3 aliphatic carbocycles. The van der Waals surface area contributed by atoms with Crippen molar-refractivity contribution in [3.05, 3.63) is 52.7 Å². The van der Waals surface area contributed by atoms with Gasteiger partial charge in [0.05, 0.1) is 19.3 Å². The molecule has 7 rings (SSSR count). The highest BCUT2D eigenvalue weighted by Gasteiger charge is 2.55. The van der Waals surface area contributed by atoms with Crippen LogP contribution >= 0.6 is 11.3 Å². The molecule has 2 saturated heterocycles. The monoisotopic (exact) mass is 684 g/mol. The van der Waals surface area contributed by atoms with Gasteiger partial charge >= 0.3 is 0 Å². The number of hydrogen-bond acceptors (Lipinski definition) is 10. The molecule has 5 aliphatic rings. The molecular formula is C37H56N4O6S. The highest BCUT2D eigenvalue weighted by Crippen LogP contribution is 2.62. The number of para-hydroxylation sites is 1. The van der Waals surface area contributed by atoms with Crippen molar-refractivity contribution in [1.82, 2.24) is 14.7 Å². The molecule has 1 spiro atoms. The Morgan fingerprint density at radius 3 is 2.33 bits per heavy atom. The topological polar surface area (TPSA) is 131 Å². The largest absolute Gasteiger partial charge is 0.394 e. The maximum absolute atomic E-state index is 14.4. The van der Waals surface area contributed by atoms with E-state index in [4.69, 9.17) is 0 Å². The molecule has 2 aliphatic heterocycles. The summed E-state index contributed by atoms with van der Waals surface area (Å²) in [6, 6.07) is 11.4. The van der Waals surface area contributed by atoms with Gasteiger partial charge < -0.3 is 40.2 Å². The number of carbonyl (C=O) groups excluding carboxylic acids is 1. The third kappa shape index (κ3) is 6.69. The highest BCUT2D eigenvalue weighted by atomic mass is 32.1. The van der Waals surface area contributed by atoms with E-state index in [-0.39, 0.29) is 5.91 Å². The lowest BCUT2D eigenvalue weighted by molar-refractivity contribution is -0.135. The number of benzene rings is 1. The normalized spacial score (nSPS) is 28.4. The molecule has 5 N–H and O–H groups in total. The number of likely N-dealkylation sites (N-methyl/N-ethyl adjacent to an activating group) is 1. The van der Waals surface area contributed by atoms with Crippen LogP contribution in [-0.2, 0) is 4.79 Å². The molecule has 2 bridgehead atoms. The Morgan fingerprint density at radius 1 is 0.979 bits per heavy atom. The van der Waals surface area contributed by atoms with E-state index in [1.165, 1.54) is 37.0 Å². The molecular weight excluding hydrogens is 628 g/mol. The Balaban J connectivity index is 1.12. The van der Waals surface area contributed by atoms with Gasteiger partial charge in [0.1, 0.15) is 30.0 Å². The molecule has 8 atom stereocenters. The number of hydrogen-bond donors (Lipinski definition) is 5. The molecule has 11 heteroatoms. The van der Waals surface area contributed by atoms with Gasteiger partial charge in [-0.3, -0.25) is 9.69 Å². The summed E-state index contributed by atoms with van der Waals surface area (Å²) < 4.78 is 0. The summed E-state index contributed by atoms with van der Waals surface area (Å²) in [6.07, 6.45) is 0.539. The van der Waals surface area contributed by atoms with Crippen molar-refractivity contribution >= 4 is 22.9 Å². The second-order valence-electron chi connectivity index (χ2n) is 15.5. The second kappa shape index (κ2) is 14.6. The van der Waals surface area contributed by atoms with E-state index in [1.54, 1.807) is 0 Å². The standard InChI is InChI=1S/C37H56N4O6S/c1-36(2)27-10-9-25(29(36)21-27)11-15-39-16-13-37(14-17-39)35(47)40(24-41(37)28-7-5-4-6-8-28)19-18-38(3)31(26-12-20-48-23-26)33(45)34(46)32(44)30(43)22-42/h4-8,12,20,23,25,27,29-34,42-46H,9-11,13-19,21-22,24H2,1-3H3. The number of thiophene rings is 1. The molecule has 0 radical (unpaired) electrons. The Labute approximate surface area is 289 Å². The maximum Gasteiger partial charge on any atom is 0.250 e. The summed E-state index contributed by atoms with van der Waals surface area (Å²) in [5.41, 5.74) is 1.71. The van der Waals surface area contributed by atoms with Crippen molar-refractivity contribution in [3.63, 3.8) is 0 Å². The van der Waals surface area contributed by atoms with E-state index in [0.717, 1.165) is 61.5 Å². The van der Waals surface area contributed by atoms with Gasteiger partial charge in [0, 0.05) is 31.9 Å². The van der Waals surface area contributed by atoms with Gasteiger partial charge in [0.15, 0.2) is 0 Å². The van der Waals surface area contributed by atoms with E-state index in [2.05, 4.69) is 35.8 Å². The van der Waals surface area contributed by atoms with Crippen LogP contribution in [0.4, 0.5) is 5.69 Å². The van der Waals surface area contributed by atoms with E-state index >= 15 is 0 Å². The zero-order valence-electron chi connectivity index (χ0n) is 28.8. The number of nitrogens with zero attached hydrogens (tertiary/aromatic N) is 4. The van der Waals surface area contributed by atoms with Crippen molar-refractivity contribution in [1.29, 1.82) is 0 Å². The minimum absolute atomic E-state index is 0.142. The van der Waals surface area contributed by atoms with E-state index in [0.29, 0.717) is 25.2 Å². The van der Waals surface area contributed by atoms with Crippen LogP contribution in [-0.4, -0.2) is 129 Å². The molecule has 266 valence electrons. The summed E-state index contributed by atoms with van der Waals surface area (Å²) in [6.45, 7) is 8.43. The zero-order valence-corrected chi connectivity index (χ0v) is 29.6.